The summed E-state index contributed by atoms with van der Waals surface area (Å²) >= 11 is 1.30. The van der Waals surface area contributed by atoms with Gasteiger partial charge in [0.15, 0.2) is 0 Å². The van der Waals surface area contributed by atoms with Crippen LogP contribution in [0.2, 0.25) is 0 Å². The van der Waals surface area contributed by atoms with Crippen molar-refractivity contribution in [2.24, 2.45) is 0 Å². The Balaban J connectivity index is 1.57. The molecule has 0 bridgehead atoms. The molecule has 1 heterocycles. The lowest BCUT2D eigenvalue weighted by atomic mass is 10.1. The molecule has 0 saturated carbocycles. The average molecular weight is 463 g/mol. The van der Waals surface area contributed by atoms with E-state index in [0.717, 1.165) is 22.3 Å². The molecule has 2 aromatic carbocycles. The van der Waals surface area contributed by atoms with Gasteiger partial charge in [-0.2, -0.15) is 8.68 Å². The molecule has 3 rings (SSSR count). The minimum absolute atomic E-state index is 0.233. The van der Waals surface area contributed by atoms with E-state index >= 15 is 0 Å². The van der Waals surface area contributed by atoms with E-state index in [1.54, 1.807) is 45.5 Å². The van der Waals surface area contributed by atoms with Crippen LogP contribution in [0.15, 0.2) is 53.4 Å². The molecular formula is C21H26N4O4S2. The molecule has 8 nitrogen and oxygen atoms in total. The maximum atomic E-state index is 12.8. The highest BCUT2D eigenvalue weighted by Gasteiger charge is 2.21. The van der Waals surface area contributed by atoms with Crippen LogP contribution in [0.1, 0.15) is 11.4 Å². The van der Waals surface area contributed by atoms with Crippen LogP contribution in [-0.2, 0) is 16.4 Å². The quantitative estimate of drug-likeness (QED) is 0.458. The Labute approximate surface area is 187 Å². The Morgan fingerprint density at radius 1 is 0.903 bits per heavy atom. The molecule has 0 saturated heterocycles. The summed E-state index contributed by atoms with van der Waals surface area (Å²) in [4.78, 5) is 6.73. The van der Waals surface area contributed by atoms with Crippen molar-refractivity contribution >= 4 is 26.7 Å². The summed E-state index contributed by atoms with van der Waals surface area (Å²) in [5, 5.41) is 0.749. The highest BCUT2D eigenvalue weighted by atomic mass is 32.2. The second kappa shape index (κ2) is 10.1. The smallest absolute Gasteiger partial charge is 0.242 e. The Hall–Kier alpha value is -2.69. The third-order valence-corrected chi connectivity index (χ3v) is 7.56. The molecule has 0 radical (unpaired) electrons. The van der Waals surface area contributed by atoms with Crippen molar-refractivity contribution in [2.75, 3.05) is 46.3 Å². The molecule has 31 heavy (non-hydrogen) atoms. The molecule has 10 heteroatoms. The Morgan fingerprint density at radius 2 is 1.48 bits per heavy atom. The number of likely N-dealkylation sites (N-methyl/N-ethyl adjacent to an activating group) is 2. The lowest BCUT2D eigenvalue weighted by Gasteiger charge is -2.21. The molecule has 0 aliphatic heterocycles. The number of hydrogen-bond acceptors (Lipinski definition) is 8. The maximum Gasteiger partial charge on any atom is 0.242 e. The van der Waals surface area contributed by atoms with Crippen LogP contribution in [0, 0.1) is 0 Å². The van der Waals surface area contributed by atoms with Crippen molar-refractivity contribution in [3.63, 3.8) is 0 Å². The minimum Gasteiger partial charge on any atom is -0.497 e. The first-order valence-electron chi connectivity index (χ1n) is 9.60. The summed E-state index contributed by atoms with van der Waals surface area (Å²) in [6, 6.07) is 14.2. The molecule has 166 valence electrons. The van der Waals surface area contributed by atoms with Gasteiger partial charge in [-0.25, -0.2) is 13.4 Å². The van der Waals surface area contributed by atoms with Gasteiger partial charge in [0.25, 0.3) is 0 Å². The number of nitrogens with zero attached hydrogens (tertiary/aromatic N) is 4. The Bertz CT molecular complexity index is 1080. The molecule has 0 unspecified atom stereocenters. The molecule has 1 aromatic heterocycles. The van der Waals surface area contributed by atoms with E-state index in [4.69, 9.17) is 9.47 Å². The van der Waals surface area contributed by atoms with Gasteiger partial charge in [0, 0.05) is 45.1 Å². The zero-order chi connectivity index (χ0) is 22.4. The van der Waals surface area contributed by atoms with Crippen LogP contribution in [-0.4, -0.2) is 63.5 Å². The first kappa shape index (κ1) is 23.0. The highest BCUT2D eigenvalue weighted by molar-refractivity contribution is 7.89. The van der Waals surface area contributed by atoms with Crippen molar-refractivity contribution in [2.45, 2.75) is 11.3 Å². The third-order valence-electron chi connectivity index (χ3n) is 4.82. The summed E-state index contributed by atoms with van der Waals surface area (Å²) < 4.78 is 41.6. The second-order valence-electron chi connectivity index (χ2n) is 6.94. The minimum atomic E-state index is -3.57. The van der Waals surface area contributed by atoms with Gasteiger partial charge in [0.05, 0.1) is 19.1 Å². The van der Waals surface area contributed by atoms with Gasteiger partial charge in [0.2, 0.25) is 15.2 Å². The summed E-state index contributed by atoms with van der Waals surface area (Å²) in [7, 11) is 3.06. The number of methoxy groups -OCH3 is 2. The topological polar surface area (TPSA) is 84.9 Å². The van der Waals surface area contributed by atoms with Gasteiger partial charge in [-0.05, 0) is 42.0 Å². The van der Waals surface area contributed by atoms with E-state index in [2.05, 4.69) is 9.36 Å². The largest absolute Gasteiger partial charge is 0.497 e. The molecule has 0 atom stereocenters. The monoisotopic (exact) mass is 462 g/mol. The predicted molar refractivity (Wildman–Crippen MR) is 122 cm³/mol. The van der Waals surface area contributed by atoms with Gasteiger partial charge in [0.1, 0.15) is 17.3 Å². The fourth-order valence-corrected chi connectivity index (χ4v) is 4.66. The van der Waals surface area contributed by atoms with E-state index in [0.29, 0.717) is 25.3 Å². The zero-order valence-electron chi connectivity index (χ0n) is 18.0. The maximum absolute atomic E-state index is 12.8. The van der Waals surface area contributed by atoms with Crippen LogP contribution in [0.25, 0.3) is 0 Å². The summed E-state index contributed by atoms with van der Waals surface area (Å²) in [6.45, 7) is 0.807. The van der Waals surface area contributed by atoms with Crippen molar-refractivity contribution in [1.29, 1.82) is 0 Å². The number of benzene rings is 2. The van der Waals surface area contributed by atoms with Crippen molar-refractivity contribution in [3.05, 3.63) is 59.9 Å². The fourth-order valence-electron chi connectivity index (χ4n) is 2.83. The number of anilines is 1. The average Bonchev–Trinajstić information content (AvgIpc) is 3.26. The number of rotatable bonds is 10. The van der Waals surface area contributed by atoms with Crippen molar-refractivity contribution in [1.82, 2.24) is 13.7 Å². The first-order valence-corrected chi connectivity index (χ1v) is 11.8. The van der Waals surface area contributed by atoms with Gasteiger partial charge < -0.3 is 14.4 Å². The first-order chi connectivity index (χ1) is 14.8. The van der Waals surface area contributed by atoms with E-state index in [1.807, 2.05) is 36.2 Å². The molecule has 0 aliphatic rings. The number of aromatic nitrogens is 2. The predicted octanol–water partition coefficient (Wildman–Crippen LogP) is 2.90. The SMILES string of the molecule is COc1ccc(Cc2nsc(N(C)CCN(C)S(=O)(=O)c3ccc(OC)cc3)n2)cc1. The number of sulfonamides is 1. The van der Waals surface area contributed by atoms with Gasteiger partial charge in [-0.15, -0.1) is 0 Å². The highest BCUT2D eigenvalue weighted by Crippen LogP contribution is 2.21. The third kappa shape index (κ3) is 5.72. The number of hydrogen-bond donors (Lipinski definition) is 0. The summed E-state index contributed by atoms with van der Waals surface area (Å²) in [6.07, 6.45) is 0.625. The van der Waals surface area contributed by atoms with Crippen LogP contribution in [0.4, 0.5) is 5.13 Å². The fraction of sp³-hybridized carbons (Fsp3) is 0.333. The molecule has 0 fully saturated rings. The van der Waals surface area contributed by atoms with E-state index in [1.165, 1.54) is 15.8 Å². The molecule has 0 amide bonds. The Morgan fingerprint density at radius 3 is 2.06 bits per heavy atom. The number of ether oxygens (including phenoxy) is 2. The summed E-state index contributed by atoms with van der Waals surface area (Å²) in [5.74, 6) is 2.16. The van der Waals surface area contributed by atoms with Crippen LogP contribution in [0.3, 0.4) is 0 Å². The van der Waals surface area contributed by atoms with Gasteiger partial charge >= 0.3 is 0 Å². The molecular weight excluding hydrogens is 436 g/mol. The zero-order valence-corrected chi connectivity index (χ0v) is 19.6. The lowest BCUT2D eigenvalue weighted by Crippen LogP contribution is -2.34. The molecule has 0 aliphatic carbocycles. The normalized spacial score (nSPS) is 11.5. The van der Waals surface area contributed by atoms with Crippen LogP contribution >= 0.6 is 11.5 Å². The summed E-state index contributed by atoms with van der Waals surface area (Å²) in [5.41, 5.74) is 1.10. The van der Waals surface area contributed by atoms with E-state index < -0.39 is 10.0 Å². The molecule has 3 aromatic rings. The van der Waals surface area contributed by atoms with Gasteiger partial charge in [-0.1, -0.05) is 12.1 Å². The van der Waals surface area contributed by atoms with E-state index in [-0.39, 0.29) is 4.90 Å². The molecule has 0 spiro atoms. The molecule has 0 N–H and O–H groups in total. The van der Waals surface area contributed by atoms with Crippen molar-refractivity contribution < 1.29 is 17.9 Å². The van der Waals surface area contributed by atoms with Gasteiger partial charge in [-0.3, -0.25) is 0 Å². The lowest BCUT2D eigenvalue weighted by molar-refractivity contribution is 0.414. The second-order valence-corrected chi connectivity index (χ2v) is 9.72. The Kier molecular flexibility index (Phi) is 7.47. The standard InChI is InChI=1S/C21H26N4O4S2/c1-24(13-14-25(2)31(26,27)19-11-9-18(29-4)10-12-19)21-22-20(23-30-21)15-16-5-7-17(28-3)8-6-16/h5-12H,13-15H2,1-4H3. The van der Waals surface area contributed by atoms with Crippen LogP contribution < -0.4 is 14.4 Å². The van der Waals surface area contributed by atoms with Crippen molar-refractivity contribution in [3.8, 4) is 11.5 Å². The van der Waals surface area contributed by atoms with Crippen LogP contribution in [0.5, 0.6) is 11.5 Å². The van der Waals surface area contributed by atoms with E-state index in [9.17, 15) is 8.42 Å².